The van der Waals surface area contributed by atoms with E-state index in [0.717, 1.165) is 19.3 Å². The van der Waals surface area contributed by atoms with Crippen LogP contribution in [-0.4, -0.2) is 36.4 Å². The van der Waals surface area contributed by atoms with Gasteiger partial charge in [0.15, 0.2) is 5.96 Å². The molecule has 0 aromatic carbocycles. The average molecular weight is 285 g/mol. The largest absolute Gasteiger partial charge is 0.392 e. The summed E-state index contributed by atoms with van der Waals surface area (Å²) in [5, 5.41) is 7.09. The van der Waals surface area contributed by atoms with Gasteiger partial charge < -0.3 is 15.4 Å². The van der Waals surface area contributed by atoms with E-state index in [1.54, 1.807) is 0 Å². The predicted octanol–water partition coefficient (Wildman–Crippen LogP) is 2.02. The zero-order valence-electron chi connectivity index (χ0n) is 12.6. The number of nitrogens with zero attached hydrogens (tertiary/aromatic N) is 1. The second kappa shape index (κ2) is 11.3. The van der Waals surface area contributed by atoms with Crippen molar-refractivity contribution >= 4 is 17.9 Å². The Morgan fingerprint density at radius 1 is 1.05 bits per heavy atom. The van der Waals surface area contributed by atoms with Gasteiger partial charge in [0.1, 0.15) is 6.54 Å². The van der Waals surface area contributed by atoms with Crippen LogP contribution in [0.25, 0.3) is 0 Å². The number of rotatable bonds is 10. The van der Waals surface area contributed by atoms with E-state index in [0.29, 0.717) is 0 Å². The van der Waals surface area contributed by atoms with Crippen molar-refractivity contribution in [3.05, 3.63) is 0 Å². The van der Waals surface area contributed by atoms with Gasteiger partial charge in [0, 0.05) is 13.5 Å². The van der Waals surface area contributed by atoms with Crippen LogP contribution < -0.4 is 5.73 Å². The minimum Gasteiger partial charge on any atom is -0.392 e. The molecule has 0 aromatic rings. The first-order valence-electron chi connectivity index (χ1n) is 7.26. The molecule has 6 nitrogen and oxygen atoms in total. The smallest absolute Gasteiger partial charge is 0.333 e. The Morgan fingerprint density at radius 2 is 1.60 bits per heavy atom. The first kappa shape index (κ1) is 18.4. The quantitative estimate of drug-likeness (QED) is 0.210. The Labute approximate surface area is 121 Å². The fourth-order valence-corrected chi connectivity index (χ4v) is 1.72. The Bertz CT molecular complexity index is 319. The lowest BCUT2D eigenvalue weighted by Gasteiger charge is -2.14. The normalized spacial score (nSPS) is 10.1. The fourth-order valence-electron chi connectivity index (χ4n) is 1.72. The minimum atomic E-state index is -0.671. The maximum absolute atomic E-state index is 11.4. The summed E-state index contributed by atoms with van der Waals surface area (Å²) in [5.74, 6) is -1.40. The summed E-state index contributed by atoms with van der Waals surface area (Å²) in [6.45, 7) is 1.99. The summed E-state index contributed by atoms with van der Waals surface area (Å²) in [6, 6.07) is 0. The Morgan fingerprint density at radius 3 is 2.15 bits per heavy atom. The van der Waals surface area contributed by atoms with Crippen molar-refractivity contribution in [1.82, 2.24) is 4.90 Å². The molecule has 0 aliphatic rings. The zero-order valence-corrected chi connectivity index (χ0v) is 12.6. The van der Waals surface area contributed by atoms with Crippen LogP contribution in [0.15, 0.2) is 0 Å². The average Bonchev–Trinajstić information content (AvgIpc) is 2.37. The highest BCUT2D eigenvalue weighted by atomic mass is 16.6. The summed E-state index contributed by atoms with van der Waals surface area (Å²) in [4.78, 5) is 23.9. The van der Waals surface area contributed by atoms with Gasteiger partial charge in [-0.25, -0.2) is 4.79 Å². The van der Waals surface area contributed by atoms with E-state index in [2.05, 4.69) is 11.7 Å². The predicted molar refractivity (Wildman–Crippen MR) is 78.3 cm³/mol. The van der Waals surface area contributed by atoms with Gasteiger partial charge in [-0.3, -0.25) is 10.2 Å². The molecule has 0 fully saturated rings. The summed E-state index contributed by atoms with van der Waals surface area (Å²) >= 11 is 0. The van der Waals surface area contributed by atoms with E-state index in [1.807, 2.05) is 0 Å². The number of hydrogen-bond donors (Lipinski definition) is 2. The minimum absolute atomic E-state index is 0.182. The van der Waals surface area contributed by atoms with Crippen LogP contribution in [0.5, 0.6) is 0 Å². The van der Waals surface area contributed by atoms with Crippen LogP contribution in [0.4, 0.5) is 0 Å². The lowest BCUT2D eigenvalue weighted by Crippen LogP contribution is -2.37. The Balaban J connectivity index is 3.58. The molecule has 0 spiro atoms. The van der Waals surface area contributed by atoms with Gasteiger partial charge in [0.2, 0.25) is 0 Å². The highest BCUT2D eigenvalue weighted by Gasteiger charge is 2.13. The van der Waals surface area contributed by atoms with Crippen molar-refractivity contribution in [2.45, 2.75) is 58.3 Å². The molecule has 0 amide bonds. The molecule has 116 valence electrons. The van der Waals surface area contributed by atoms with E-state index < -0.39 is 11.9 Å². The number of guanidine groups is 1. The lowest BCUT2D eigenvalue weighted by atomic mass is 10.1. The second-order valence-corrected chi connectivity index (χ2v) is 4.96. The highest BCUT2D eigenvalue weighted by molar-refractivity contribution is 5.88. The molecular weight excluding hydrogens is 258 g/mol. The van der Waals surface area contributed by atoms with Crippen LogP contribution in [0.2, 0.25) is 0 Å². The molecule has 0 saturated heterocycles. The van der Waals surface area contributed by atoms with Gasteiger partial charge in [-0.15, -0.1) is 0 Å². The monoisotopic (exact) mass is 285 g/mol. The van der Waals surface area contributed by atoms with Crippen molar-refractivity contribution < 1.29 is 14.3 Å². The van der Waals surface area contributed by atoms with Gasteiger partial charge >= 0.3 is 11.9 Å². The lowest BCUT2D eigenvalue weighted by molar-refractivity contribution is -0.159. The topological polar surface area (TPSA) is 96.5 Å². The van der Waals surface area contributed by atoms with Crippen LogP contribution in [0.3, 0.4) is 0 Å². The van der Waals surface area contributed by atoms with Crippen LogP contribution >= 0.6 is 0 Å². The van der Waals surface area contributed by atoms with Gasteiger partial charge in [-0.2, -0.15) is 0 Å². The van der Waals surface area contributed by atoms with Gasteiger partial charge in [0.25, 0.3) is 0 Å². The van der Waals surface area contributed by atoms with E-state index in [-0.39, 0.29) is 18.9 Å². The van der Waals surface area contributed by atoms with Crippen molar-refractivity contribution in [1.29, 1.82) is 5.41 Å². The molecular formula is C14H27N3O3. The van der Waals surface area contributed by atoms with Gasteiger partial charge in [-0.05, 0) is 6.42 Å². The van der Waals surface area contributed by atoms with Crippen LogP contribution in [-0.2, 0) is 14.3 Å². The third-order valence-electron chi connectivity index (χ3n) is 2.99. The Kier molecular flexibility index (Phi) is 10.4. The molecule has 0 radical (unpaired) electrons. The molecule has 0 aliphatic carbocycles. The maximum atomic E-state index is 11.4. The number of nitrogens with two attached hydrogens (primary N) is 1. The molecule has 0 aromatic heterocycles. The first-order valence-corrected chi connectivity index (χ1v) is 7.26. The molecule has 6 heteroatoms. The van der Waals surface area contributed by atoms with E-state index >= 15 is 0 Å². The van der Waals surface area contributed by atoms with Crippen molar-refractivity contribution in [2.75, 3.05) is 13.6 Å². The summed E-state index contributed by atoms with van der Waals surface area (Å²) in [5.41, 5.74) is 5.18. The van der Waals surface area contributed by atoms with Crippen LogP contribution in [0, 0.1) is 5.41 Å². The maximum Gasteiger partial charge on any atom is 0.333 e. The number of esters is 2. The van der Waals surface area contributed by atoms with Crippen molar-refractivity contribution in [3.8, 4) is 0 Å². The fraction of sp³-hybridized carbons (Fsp3) is 0.786. The summed E-state index contributed by atoms with van der Waals surface area (Å²) < 4.78 is 4.64. The SMILES string of the molecule is CCCCCCCCCC(=O)OC(=O)CN(C)C(=N)N. The number of unbranched alkanes of at least 4 members (excludes halogenated alkanes) is 6. The van der Waals surface area contributed by atoms with E-state index in [4.69, 9.17) is 11.1 Å². The molecule has 0 bridgehead atoms. The first-order chi connectivity index (χ1) is 9.47. The van der Waals surface area contributed by atoms with Gasteiger partial charge in [0.05, 0.1) is 0 Å². The molecule has 0 saturated carbocycles. The number of carbonyl (C=O) groups is 2. The molecule has 3 N–H and O–H groups in total. The number of hydrogen-bond acceptors (Lipinski definition) is 4. The number of ether oxygens (including phenoxy) is 1. The van der Waals surface area contributed by atoms with Crippen molar-refractivity contribution in [3.63, 3.8) is 0 Å². The summed E-state index contributed by atoms with van der Waals surface area (Å²) in [6.07, 6.45) is 8.06. The van der Waals surface area contributed by atoms with Gasteiger partial charge in [-0.1, -0.05) is 45.4 Å². The number of likely N-dealkylation sites (N-methyl/N-ethyl adjacent to an activating group) is 1. The molecule has 0 rings (SSSR count). The molecule has 0 heterocycles. The molecule has 0 aliphatic heterocycles. The molecule has 20 heavy (non-hydrogen) atoms. The number of nitrogens with one attached hydrogen (secondary N) is 1. The third-order valence-corrected chi connectivity index (χ3v) is 2.99. The highest BCUT2D eigenvalue weighted by Crippen LogP contribution is 2.08. The van der Waals surface area contributed by atoms with E-state index in [9.17, 15) is 9.59 Å². The Hall–Kier alpha value is -1.59. The second-order valence-electron chi connectivity index (χ2n) is 4.96. The molecule has 0 unspecified atom stereocenters. The standard InChI is InChI=1S/C14H27N3O3/c1-3-4-5-6-7-8-9-10-12(18)20-13(19)11-17(2)14(15)16/h3-11H2,1-2H3,(H3,15,16). The van der Waals surface area contributed by atoms with Crippen molar-refractivity contribution in [2.24, 2.45) is 5.73 Å². The zero-order chi connectivity index (χ0) is 15.4. The summed E-state index contributed by atoms with van der Waals surface area (Å²) in [7, 11) is 1.49. The molecule has 0 atom stereocenters. The third kappa shape index (κ3) is 10.3. The van der Waals surface area contributed by atoms with E-state index in [1.165, 1.54) is 37.6 Å². The van der Waals surface area contributed by atoms with Crippen LogP contribution in [0.1, 0.15) is 58.3 Å². The number of carbonyl (C=O) groups excluding carboxylic acids is 2.